The molecular formula is C13H28N2. The van der Waals surface area contributed by atoms with Gasteiger partial charge in [0.25, 0.3) is 0 Å². The molecule has 0 atom stereocenters. The van der Waals surface area contributed by atoms with Crippen molar-refractivity contribution in [1.29, 1.82) is 0 Å². The van der Waals surface area contributed by atoms with Crippen LogP contribution in [0.15, 0.2) is 0 Å². The molecule has 2 saturated heterocycles. The van der Waals surface area contributed by atoms with Crippen LogP contribution in [-0.4, -0.2) is 49.6 Å². The number of hydrogen-bond donors (Lipinski definition) is 0. The van der Waals surface area contributed by atoms with E-state index in [9.17, 15) is 0 Å². The molecule has 0 spiro atoms. The third-order valence-electron chi connectivity index (χ3n) is 3.48. The highest BCUT2D eigenvalue weighted by Crippen LogP contribution is 2.06. The van der Waals surface area contributed by atoms with Gasteiger partial charge in [-0.15, -0.1) is 0 Å². The highest BCUT2D eigenvalue weighted by Gasteiger charge is 2.05. The van der Waals surface area contributed by atoms with Crippen LogP contribution in [0.2, 0.25) is 0 Å². The number of nitrogens with zero attached hydrogens (tertiary/aromatic N) is 2. The summed E-state index contributed by atoms with van der Waals surface area (Å²) in [6.45, 7) is 8.82. The number of piperidine rings is 2. The van der Waals surface area contributed by atoms with Crippen molar-refractivity contribution >= 4 is 0 Å². The number of rotatable bonds is 1. The van der Waals surface area contributed by atoms with Crippen LogP contribution in [0.4, 0.5) is 0 Å². The molecule has 0 radical (unpaired) electrons. The standard InChI is InChI=1S/C7H15N.C6H13N/c1-2-8-6-4-3-5-7-8;1-7-5-3-2-4-6-7/h2-7H2,1H3;2-6H2,1H3. The van der Waals surface area contributed by atoms with Gasteiger partial charge in [0.1, 0.15) is 0 Å². The minimum Gasteiger partial charge on any atom is -0.306 e. The molecule has 2 aliphatic rings. The third kappa shape index (κ3) is 6.16. The minimum absolute atomic E-state index is 1.25. The topological polar surface area (TPSA) is 6.48 Å². The van der Waals surface area contributed by atoms with Crippen LogP contribution >= 0.6 is 0 Å². The summed E-state index contributed by atoms with van der Waals surface area (Å²) >= 11 is 0. The summed E-state index contributed by atoms with van der Waals surface area (Å²) in [4.78, 5) is 4.91. The van der Waals surface area contributed by atoms with Crippen molar-refractivity contribution in [3.05, 3.63) is 0 Å². The zero-order valence-electron chi connectivity index (χ0n) is 10.7. The maximum atomic E-state index is 2.52. The first-order valence-corrected chi connectivity index (χ1v) is 6.74. The Kier molecular flexibility index (Phi) is 7.03. The van der Waals surface area contributed by atoms with Gasteiger partial charge in [0, 0.05) is 0 Å². The van der Waals surface area contributed by atoms with Crippen molar-refractivity contribution < 1.29 is 0 Å². The van der Waals surface area contributed by atoms with E-state index in [1.165, 1.54) is 71.2 Å². The molecule has 2 heteroatoms. The van der Waals surface area contributed by atoms with E-state index in [-0.39, 0.29) is 0 Å². The first kappa shape index (κ1) is 13.0. The Hall–Kier alpha value is -0.0800. The van der Waals surface area contributed by atoms with E-state index in [2.05, 4.69) is 23.8 Å². The van der Waals surface area contributed by atoms with Gasteiger partial charge in [-0.2, -0.15) is 0 Å². The van der Waals surface area contributed by atoms with Crippen molar-refractivity contribution in [3.63, 3.8) is 0 Å². The molecule has 2 aliphatic heterocycles. The van der Waals surface area contributed by atoms with Gasteiger partial charge in [-0.1, -0.05) is 19.8 Å². The highest BCUT2D eigenvalue weighted by atomic mass is 15.1. The molecule has 0 aromatic rings. The van der Waals surface area contributed by atoms with Crippen LogP contribution in [0.3, 0.4) is 0 Å². The van der Waals surface area contributed by atoms with Crippen LogP contribution in [0.1, 0.15) is 45.4 Å². The molecule has 2 fully saturated rings. The van der Waals surface area contributed by atoms with Gasteiger partial charge in [0.05, 0.1) is 0 Å². The van der Waals surface area contributed by atoms with Crippen LogP contribution in [-0.2, 0) is 0 Å². The number of hydrogen-bond acceptors (Lipinski definition) is 2. The Morgan fingerprint density at radius 2 is 1.20 bits per heavy atom. The smallest absolute Gasteiger partial charge is 0.00188 e. The second-order valence-corrected chi connectivity index (χ2v) is 4.86. The average molecular weight is 212 g/mol. The Morgan fingerprint density at radius 1 is 0.733 bits per heavy atom. The summed E-state index contributed by atoms with van der Waals surface area (Å²) in [6, 6.07) is 0. The van der Waals surface area contributed by atoms with Gasteiger partial charge in [0.2, 0.25) is 0 Å². The van der Waals surface area contributed by atoms with E-state index in [4.69, 9.17) is 0 Å². The molecule has 0 aromatic heterocycles. The predicted molar refractivity (Wildman–Crippen MR) is 67.3 cm³/mol. The molecule has 2 heterocycles. The predicted octanol–water partition coefficient (Wildman–Crippen LogP) is 2.59. The molecule has 0 amide bonds. The Bertz CT molecular complexity index is 135. The summed E-state index contributed by atoms with van der Waals surface area (Å²) in [6.07, 6.45) is 8.58. The van der Waals surface area contributed by atoms with Gasteiger partial charge in [-0.3, -0.25) is 0 Å². The molecule has 15 heavy (non-hydrogen) atoms. The minimum atomic E-state index is 1.25. The lowest BCUT2D eigenvalue weighted by Crippen LogP contribution is -2.29. The van der Waals surface area contributed by atoms with Crippen LogP contribution in [0, 0.1) is 0 Å². The SMILES string of the molecule is CCN1CCCCC1.CN1CCCCC1. The van der Waals surface area contributed by atoms with E-state index < -0.39 is 0 Å². The van der Waals surface area contributed by atoms with Crippen molar-refractivity contribution in [2.75, 3.05) is 39.8 Å². The Balaban J connectivity index is 0.000000151. The molecule has 2 rings (SSSR count). The summed E-state index contributed by atoms with van der Waals surface area (Å²) in [5.41, 5.74) is 0. The quantitative estimate of drug-likeness (QED) is 0.659. The molecule has 0 aromatic carbocycles. The normalized spacial score (nSPS) is 24.4. The summed E-state index contributed by atoms with van der Waals surface area (Å²) in [7, 11) is 2.19. The lowest BCUT2D eigenvalue weighted by molar-refractivity contribution is 0.240. The molecule has 0 bridgehead atoms. The lowest BCUT2D eigenvalue weighted by Gasteiger charge is -2.24. The Morgan fingerprint density at radius 3 is 1.47 bits per heavy atom. The van der Waals surface area contributed by atoms with E-state index in [1.807, 2.05) is 0 Å². The summed E-state index contributed by atoms with van der Waals surface area (Å²) < 4.78 is 0. The fraction of sp³-hybridized carbons (Fsp3) is 1.00. The first-order chi connectivity index (χ1) is 7.33. The van der Waals surface area contributed by atoms with Crippen molar-refractivity contribution in [3.8, 4) is 0 Å². The van der Waals surface area contributed by atoms with Crippen molar-refractivity contribution in [2.24, 2.45) is 0 Å². The largest absolute Gasteiger partial charge is 0.306 e. The van der Waals surface area contributed by atoms with E-state index >= 15 is 0 Å². The maximum Gasteiger partial charge on any atom is -0.00188 e. The van der Waals surface area contributed by atoms with E-state index in [0.717, 1.165) is 0 Å². The fourth-order valence-corrected chi connectivity index (χ4v) is 2.33. The van der Waals surface area contributed by atoms with E-state index in [0.29, 0.717) is 0 Å². The van der Waals surface area contributed by atoms with Gasteiger partial charge in [-0.05, 0) is 65.5 Å². The van der Waals surface area contributed by atoms with Gasteiger partial charge >= 0.3 is 0 Å². The molecule has 2 nitrogen and oxygen atoms in total. The second-order valence-electron chi connectivity index (χ2n) is 4.86. The van der Waals surface area contributed by atoms with Crippen LogP contribution in [0.5, 0.6) is 0 Å². The van der Waals surface area contributed by atoms with Crippen LogP contribution in [0.25, 0.3) is 0 Å². The monoisotopic (exact) mass is 212 g/mol. The number of likely N-dealkylation sites (tertiary alicyclic amines) is 2. The molecule has 0 N–H and O–H groups in total. The van der Waals surface area contributed by atoms with Gasteiger partial charge < -0.3 is 9.80 Å². The maximum absolute atomic E-state index is 2.52. The van der Waals surface area contributed by atoms with E-state index in [1.54, 1.807) is 0 Å². The highest BCUT2D eigenvalue weighted by molar-refractivity contribution is 4.61. The zero-order chi connectivity index (χ0) is 10.9. The van der Waals surface area contributed by atoms with Crippen molar-refractivity contribution in [1.82, 2.24) is 9.80 Å². The molecular weight excluding hydrogens is 184 g/mol. The molecule has 0 unspecified atom stereocenters. The Labute approximate surface area is 95.6 Å². The summed E-state index contributed by atoms with van der Waals surface area (Å²) in [5.74, 6) is 0. The third-order valence-corrected chi connectivity index (χ3v) is 3.48. The van der Waals surface area contributed by atoms with Crippen molar-refractivity contribution in [2.45, 2.75) is 45.4 Å². The van der Waals surface area contributed by atoms with Gasteiger partial charge in [0.15, 0.2) is 0 Å². The average Bonchev–Trinajstić information content (AvgIpc) is 2.32. The first-order valence-electron chi connectivity index (χ1n) is 6.74. The lowest BCUT2D eigenvalue weighted by atomic mass is 10.1. The van der Waals surface area contributed by atoms with Crippen LogP contribution < -0.4 is 0 Å². The fourth-order valence-electron chi connectivity index (χ4n) is 2.33. The zero-order valence-corrected chi connectivity index (χ0v) is 10.7. The molecule has 90 valence electrons. The van der Waals surface area contributed by atoms with Gasteiger partial charge in [-0.25, -0.2) is 0 Å². The molecule has 0 aliphatic carbocycles. The second kappa shape index (κ2) is 8.12. The molecule has 0 saturated carbocycles. The summed E-state index contributed by atoms with van der Waals surface area (Å²) in [5, 5.41) is 0.